The highest BCUT2D eigenvalue weighted by molar-refractivity contribution is 5.45. The van der Waals surface area contributed by atoms with Gasteiger partial charge in [-0.3, -0.25) is 9.88 Å². The number of phenolic OH excluding ortho intramolecular Hbond substituents is 1. The molecule has 0 aliphatic rings. The number of likely N-dealkylation sites (N-methyl/N-ethyl adjacent to an activating group) is 1. The van der Waals surface area contributed by atoms with Crippen LogP contribution in [0.1, 0.15) is 11.4 Å². The maximum atomic E-state index is 10.0. The first-order valence-corrected chi connectivity index (χ1v) is 8.57. The number of aromatic hydroxyl groups is 1. The van der Waals surface area contributed by atoms with E-state index in [9.17, 15) is 5.11 Å². The summed E-state index contributed by atoms with van der Waals surface area (Å²) in [6, 6.07) is 13.3. The Morgan fingerprint density at radius 2 is 1.92 bits per heavy atom. The van der Waals surface area contributed by atoms with Crippen molar-refractivity contribution in [2.75, 3.05) is 20.8 Å². The van der Waals surface area contributed by atoms with Crippen molar-refractivity contribution in [3.63, 3.8) is 0 Å². The monoisotopic (exact) mass is 352 g/mol. The van der Waals surface area contributed by atoms with E-state index in [0.717, 1.165) is 30.0 Å². The molecule has 0 unspecified atom stereocenters. The summed E-state index contributed by atoms with van der Waals surface area (Å²) in [5.74, 6) is 0.233. The number of phenols is 1. The molecule has 0 spiro atoms. The first kappa shape index (κ1) is 18.1. The molecule has 0 saturated carbocycles. The van der Waals surface area contributed by atoms with E-state index >= 15 is 0 Å². The number of hydrogen-bond donors (Lipinski definition) is 1. The van der Waals surface area contributed by atoms with Gasteiger partial charge in [0.05, 0.1) is 30.0 Å². The molecule has 6 nitrogen and oxygen atoms in total. The van der Waals surface area contributed by atoms with Gasteiger partial charge in [-0.05, 0) is 31.3 Å². The molecule has 3 aromatic rings. The van der Waals surface area contributed by atoms with Crippen LogP contribution in [0.3, 0.4) is 0 Å². The highest BCUT2D eigenvalue weighted by Crippen LogP contribution is 2.21. The number of imidazole rings is 1. The molecular weight excluding hydrogens is 328 g/mol. The number of rotatable bonds is 8. The Kier molecular flexibility index (Phi) is 5.99. The van der Waals surface area contributed by atoms with Crippen LogP contribution in [0.5, 0.6) is 5.75 Å². The number of methoxy groups -OCH3 is 1. The molecule has 3 rings (SSSR count). The molecule has 0 bridgehead atoms. The fourth-order valence-corrected chi connectivity index (χ4v) is 2.94. The maximum absolute atomic E-state index is 10.0. The molecule has 0 amide bonds. The molecule has 0 radical (unpaired) electrons. The molecule has 0 aliphatic heterocycles. The van der Waals surface area contributed by atoms with E-state index in [2.05, 4.69) is 21.9 Å². The number of para-hydroxylation sites is 2. The summed E-state index contributed by atoms with van der Waals surface area (Å²) in [6.45, 7) is 1.35. The molecule has 0 fully saturated rings. The normalized spacial score (nSPS) is 12.4. The van der Waals surface area contributed by atoms with E-state index in [-0.39, 0.29) is 11.8 Å². The minimum atomic E-state index is 0.176. The minimum absolute atomic E-state index is 0.176. The van der Waals surface area contributed by atoms with Gasteiger partial charge in [-0.1, -0.05) is 18.2 Å². The van der Waals surface area contributed by atoms with Crippen molar-refractivity contribution < 1.29 is 9.84 Å². The second kappa shape index (κ2) is 8.60. The summed E-state index contributed by atoms with van der Waals surface area (Å²) in [4.78, 5) is 11.1. The molecule has 0 aliphatic carbocycles. The summed E-state index contributed by atoms with van der Waals surface area (Å²) in [5, 5.41) is 10.0. The smallest absolute Gasteiger partial charge is 0.139 e. The number of hydrogen-bond acceptors (Lipinski definition) is 5. The van der Waals surface area contributed by atoms with Crippen molar-refractivity contribution in [2.45, 2.75) is 19.0 Å². The predicted molar refractivity (Wildman–Crippen MR) is 100 cm³/mol. The number of pyridine rings is 1. The van der Waals surface area contributed by atoms with Gasteiger partial charge in [0.15, 0.2) is 0 Å². The summed E-state index contributed by atoms with van der Waals surface area (Å²) in [5.41, 5.74) is 2.69. The Labute approximate surface area is 153 Å². The standard InChI is InChI=1S/C20H24N4O2/c1-23(12-16-7-5-6-10-21-16)18(14-26-2)11-17-13-24(15-22-17)19-8-3-4-9-20(19)25/h3-10,13,15,18,25H,11-12,14H2,1-2H3/t18-/m0/s1. The summed E-state index contributed by atoms with van der Waals surface area (Å²) < 4.78 is 7.25. The molecule has 1 aromatic carbocycles. The molecule has 2 aromatic heterocycles. The minimum Gasteiger partial charge on any atom is -0.506 e. The second-order valence-corrected chi connectivity index (χ2v) is 6.31. The Balaban J connectivity index is 1.71. The van der Waals surface area contributed by atoms with E-state index in [4.69, 9.17) is 4.74 Å². The lowest BCUT2D eigenvalue weighted by Crippen LogP contribution is -2.37. The number of aromatic nitrogens is 3. The van der Waals surface area contributed by atoms with Crippen LogP contribution in [0.2, 0.25) is 0 Å². The van der Waals surface area contributed by atoms with E-state index in [0.29, 0.717) is 6.61 Å². The van der Waals surface area contributed by atoms with Crippen LogP contribution in [-0.4, -0.2) is 51.3 Å². The van der Waals surface area contributed by atoms with Gasteiger partial charge in [-0.2, -0.15) is 0 Å². The Morgan fingerprint density at radius 3 is 2.65 bits per heavy atom. The Bertz CT molecular complexity index is 819. The van der Waals surface area contributed by atoms with Gasteiger partial charge in [0.25, 0.3) is 0 Å². The van der Waals surface area contributed by atoms with Gasteiger partial charge in [-0.25, -0.2) is 4.98 Å². The van der Waals surface area contributed by atoms with Gasteiger partial charge < -0.3 is 14.4 Å². The number of ether oxygens (including phenoxy) is 1. The molecule has 1 atom stereocenters. The summed E-state index contributed by atoms with van der Waals surface area (Å²) >= 11 is 0. The van der Waals surface area contributed by atoms with Crippen LogP contribution in [0, 0.1) is 0 Å². The van der Waals surface area contributed by atoms with Crippen LogP contribution in [0.15, 0.2) is 61.2 Å². The van der Waals surface area contributed by atoms with Crippen LogP contribution in [0.4, 0.5) is 0 Å². The van der Waals surface area contributed by atoms with Crippen molar-refractivity contribution in [3.8, 4) is 11.4 Å². The van der Waals surface area contributed by atoms with Gasteiger partial charge >= 0.3 is 0 Å². The van der Waals surface area contributed by atoms with E-state index in [1.54, 1.807) is 25.6 Å². The van der Waals surface area contributed by atoms with Crippen molar-refractivity contribution in [1.82, 2.24) is 19.4 Å². The van der Waals surface area contributed by atoms with Crippen LogP contribution in [0.25, 0.3) is 5.69 Å². The zero-order chi connectivity index (χ0) is 18.4. The van der Waals surface area contributed by atoms with Crippen LogP contribution in [-0.2, 0) is 17.7 Å². The molecule has 136 valence electrons. The fourth-order valence-electron chi connectivity index (χ4n) is 2.94. The number of benzene rings is 1. The average molecular weight is 352 g/mol. The third-order valence-corrected chi connectivity index (χ3v) is 4.36. The van der Waals surface area contributed by atoms with Crippen molar-refractivity contribution in [1.29, 1.82) is 0 Å². The fraction of sp³-hybridized carbons (Fsp3) is 0.300. The van der Waals surface area contributed by atoms with Crippen molar-refractivity contribution in [2.24, 2.45) is 0 Å². The average Bonchev–Trinajstić information content (AvgIpc) is 3.11. The summed E-state index contributed by atoms with van der Waals surface area (Å²) in [6.07, 6.45) is 6.24. The van der Waals surface area contributed by atoms with Gasteiger partial charge in [0.2, 0.25) is 0 Å². The highest BCUT2D eigenvalue weighted by atomic mass is 16.5. The predicted octanol–water partition coefficient (Wildman–Crippen LogP) is 2.66. The second-order valence-electron chi connectivity index (χ2n) is 6.31. The zero-order valence-electron chi connectivity index (χ0n) is 15.1. The van der Waals surface area contributed by atoms with Crippen molar-refractivity contribution in [3.05, 3.63) is 72.6 Å². The summed E-state index contributed by atoms with van der Waals surface area (Å²) in [7, 11) is 3.78. The third kappa shape index (κ3) is 4.47. The van der Waals surface area contributed by atoms with Gasteiger partial charge in [0.1, 0.15) is 5.75 Å². The maximum Gasteiger partial charge on any atom is 0.139 e. The van der Waals surface area contributed by atoms with E-state index in [1.807, 2.05) is 47.3 Å². The third-order valence-electron chi connectivity index (χ3n) is 4.36. The van der Waals surface area contributed by atoms with Crippen LogP contribution >= 0.6 is 0 Å². The van der Waals surface area contributed by atoms with Crippen LogP contribution < -0.4 is 0 Å². The van der Waals surface area contributed by atoms with E-state index in [1.165, 1.54) is 0 Å². The Hall–Kier alpha value is -2.70. The SMILES string of the molecule is COC[C@H](Cc1cn(-c2ccccc2O)cn1)N(C)Cc1ccccn1. The molecule has 0 saturated heterocycles. The first-order chi connectivity index (χ1) is 12.7. The van der Waals surface area contributed by atoms with Gasteiger partial charge in [-0.15, -0.1) is 0 Å². The lowest BCUT2D eigenvalue weighted by Gasteiger charge is -2.26. The quantitative estimate of drug-likeness (QED) is 0.675. The highest BCUT2D eigenvalue weighted by Gasteiger charge is 2.18. The largest absolute Gasteiger partial charge is 0.506 e. The Morgan fingerprint density at radius 1 is 1.12 bits per heavy atom. The van der Waals surface area contributed by atoms with Crippen molar-refractivity contribution >= 4 is 0 Å². The van der Waals surface area contributed by atoms with E-state index < -0.39 is 0 Å². The molecule has 6 heteroatoms. The number of nitrogens with zero attached hydrogens (tertiary/aromatic N) is 4. The first-order valence-electron chi connectivity index (χ1n) is 8.57. The molecule has 1 N–H and O–H groups in total. The molecule has 2 heterocycles. The molecule has 26 heavy (non-hydrogen) atoms. The topological polar surface area (TPSA) is 63.4 Å². The zero-order valence-corrected chi connectivity index (χ0v) is 15.1. The lowest BCUT2D eigenvalue weighted by atomic mass is 10.1. The molecular formula is C20H24N4O2. The lowest BCUT2D eigenvalue weighted by molar-refractivity contribution is 0.101. The van der Waals surface area contributed by atoms with Gasteiger partial charge in [0, 0.05) is 38.5 Å².